The Hall–Kier alpha value is -1.46. The molecule has 5 heteroatoms. The molecule has 1 unspecified atom stereocenters. The Morgan fingerprint density at radius 2 is 1.90 bits per heavy atom. The Labute approximate surface area is 131 Å². The maximum Gasteiger partial charge on any atom is 0.173 e. The summed E-state index contributed by atoms with van der Waals surface area (Å²) in [6.45, 7) is 0. The molecule has 0 aliphatic heterocycles. The molecule has 0 saturated carbocycles. The molecule has 0 aliphatic carbocycles. The lowest BCUT2D eigenvalue weighted by Crippen LogP contribution is -2.20. The van der Waals surface area contributed by atoms with Gasteiger partial charge in [-0.15, -0.1) is 0 Å². The Bertz CT molecular complexity index is 634. The van der Waals surface area contributed by atoms with Crippen LogP contribution in [0, 0.1) is 11.6 Å². The quantitative estimate of drug-likeness (QED) is 0.810. The molecule has 0 amide bonds. The average molecular weight is 356 g/mol. The van der Waals surface area contributed by atoms with Gasteiger partial charge in [0.15, 0.2) is 11.6 Å². The van der Waals surface area contributed by atoms with Crippen molar-refractivity contribution >= 4 is 15.9 Å². The molecule has 2 nitrogen and oxygen atoms in total. The molecule has 0 aromatic heterocycles. The first-order chi connectivity index (χ1) is 10.1. The van der Waals surface area contributed by atoms with Gasteiger partial charge in [0.1, 0.15) is 5.75 Å². The van der Waals surface area contributed by atoms with Gasteiger partial charge in [-0.3, -0.25) is 0 Å². The molecule has 2 aromatic carbocycles. The Balaban J connectivity index is 2.35. The largest absolute Gasteiger partial charge is 0.496 e. The van der Waals surface area contributed by atoms with Gasteiger partial charge in [-0.2, -0.15) is 0 Å². The van der Waals surface area contributed by atoms with Crippen LogP contribution in [0.3, 0.4) is 0 Å². The van der Waals surface area contributed by atoms with Gasteiger partial charge in [0.05, 0.1) is 11.6 Å². The van der Waals surface area contributed by atoms with Crippen LogP contribution in [-0.4, -0.2) is 14.2 Å². The van der Waals surface area contributed by atoms with Gasteiger partial charge in [-0.05, 0) is 52.7 Å². The Morgan fingerprint density at radius 1 is 1.19 bits per heavy atom. The molecule has 0 radical (unpaired) electrons. The molecule has 0 fully saturated rings. The van der Waals surface area contributed by atoms with Crippen molar-refractivity contribution in [1.82, 2.24) is 5.32 Å². The Morgan fingerprint density at radius 3 is 2.57 bits per heavy atom. The summed E-state index contributed by atoms with van der Waals surface area (Å²) < 4.78 is 32.4. The lowest BCUT2D eigenvalue weighted by molar-refractivity contribution is 0.406. The van der Waals surface area contributed by atoms with E-state index in [0.29, 0.717) is 12.0 Å². The summed E-state index contributed by atoms with van der Waals surface area (Å²) in [5.41, 5.74) is 1.67. The predicted molar refractivity (Wildman–Crippen MR) is 82.6 cm³/mol. The molecular weight excluding hydrogens is 340 g/mol. The smallest absolute Gasteiger partial charge is 0.173 e. The lowest BCUT2D eigenvalue weighted by atomic mass is 9.98. The van der Waals surface area contributed by atoms with E-state index in [4.69, 9.17) is 4.74 Å². The van der Waals surface area contributed by atoms with Crippen molar-refractivity contribution in [3.05, 3.63) is 63.6 Å². The molecule has 112 valence electrons. The zero-order valence-corrected chi connectivity index (χ0v) is 13.4. The minimum Gasteiger partial charge on any atom is -0.496 e. The number of ether oxygens (including phenoxy) is 1. The van der Waals surface area contributed by atoms with Crippen LogP contribution in [0.4, 0.5) is 8.78 Å². The number of likely N-dealkylation sites (N-methyl/N-ethyl adjacent to an activating group) is 1. The second-order valence-corrected chi connectivity index (χ2v) is 5.41. The van der Waals surface area contributed by atoms with E-state index in [-0.39, 0.29) is 10.5 Å². The summed E-state index contributed by atoms with van der Waals surface area (Å²) >= 11 is 3.14. The number of hydrogen-bond donors (Lipinski definition) is 1. The minimum absolute atomic E-state index is 0.150. The van der Waals surface area contributed by atoms with E-state index in [1.165, 1.54) is 0 Å². The van der Waals surface area contributed by atoms with Crippen molar-refractivity contribution in [1.29, 1.82) is 0 Å². The monoisotopic (exact) mass is 355 g/mol. The van der Waals surface area contributed by atoms with Gasteiger partial charge in [0.2, 0.25) is 0 Å². The van der Waals surface area contributed by atoms with E-state index >= 15 is 0 Å². The average Bonchev–Trinajstić information content (AvgIpc) is 2.51. The lowest BCUT2D eigenvalue weighted by Gasteiger charge is -2.20. The zero-order valence-electron chi connectivity index (χ0n) is 11.8. The predicted octanol–water partition coefficient (Wildman–Crippen LogP) is 4.24. The maximum atomic E-state index is 13.7. The number of hydrogen-bond acceptors (Lipinski definition) is 2. The topological polar surface area (TPSA) is 21.3 Å². The molecular formula is C16H16BrF2NO. The van der Waals surface area contributed by atoms with Gasteiger partial charge in [0, 0.05) is 6.04 Å². The summed E-state index contributed by atoms with van der Waals surface area (Å²) in [5.74, 6) is -0.956. The number of halogens is 3. The highest BCUT2D eigenvalue weighted by molar-refractivity contribution is 9.10. The third-order valence-electron chi connectivity index (χ3n) is 3.41. The van der Waals surface area contributed by atoms with E-state index < -0.39 is 11.6 Å². The van der Waals surface area contributed by atoms with E-state index in [1.807, 2.05) is 24.3 Å². The molecule has 0 heterocycles. The fourth-order valence-electron chi connectivity index (χ4n) is 2.27. The van der Waals surface area contributed by atoms with Gasteiger partial charge < -0.3 is 10.1 Å². The number of benzene rings is 2. The first-order valence-corrected chi connectivity index (χ1v) is 7.30. The molecule has 21 heavy (non-hydrogen) atoms. The number of para-hydroxylation sites is 1. The third kappa shape index (κ3) is 3.41. The number of rotatable bonds is 5. The highest BCUT2D eigenvalue weighted by Crippen LogP contribution is 2.31. The molecule has 2 aromatic rings. The van der Waals surface area contributed by atoms with Crippen molar-refractivity contribution in [2.75, 3.05) is 14.2 Å². The first-order valence-electron chi connectivity index (χ1n) is 6.51. The molecule has 0 aliphatic rings. The first kappa shape index (κ1) is 15.9. The normalized spacial score (nSPS) is 12.2. The van der Waals surface area contributed by atoms with Crippen molar-refractivity contribution in [2.45, 2.75) is 12.5 Å². The van der Waals surface area contributed by atoms with Crippen LogP contribution in [0.25, 0.3) is 0 Å². The van der Waals surface area contributed by atoms with Crippen LogP contribution in [0.15, 0.2) is 40.9 Å². The standard InChI is InChI=1S/C16H16BrF2NO/c1-20-13(9-10-5-3-4-6-14(10)21-2)11-7-8-12(18)16(19)15(11)17/h3-8,13,20H,9H2,1-2H3. The van der Waals surface area contributed by atoms with Crippen LogP contribution in [0.2, 0.25) is 0 Å². The third-order valence-corrected chi connectivity index (χ3v) is 4.21. The van der Waals surface area contributed by atoms with E-state index in [0.717, 1.165) is 17.4 Å². The number of nitrogens with one attached hydrogen (secondary N) is 1. The van der Waals surface area contributed by atoms with Gasteiger partial charge in [-0.1, -0.05) is 24.3 Å². The SMILES string of the molecule is CNC(Cc1ccccc1OC)c1ccc(F)c(F)c1Br. The molecule has 1 atom stereocenters. The highest BCUT2D eigenvalue weighted by Gasteiger charge is 2.19. The van der Waals surface area contributed by atoms with Crippen molar-refractivity contribution < 1.29 is 13.5 Å². The number of methoxy groups -OCH3 is 1. The Kier molecular flexibility index (Phi) is 5.31. The second kappa shape index (κ2) is 7.00. The molecule has 0 saturated heterocycles. The summed E-state index contributed by atoms with van der Waals surface area (Å²) in [7, 11) is 3.40. The van der Waals surface area contributed by atoms with Crippen molar-refractivity contribution in [3.63, 3.8) is 0 Å². The van der Waals surface area contributed by atoms with Crippen molar-refractivity contribution in [3.8, 4) is 5.75 Å². The van der Waals surface area contributed by atoms with Crippen LogP contribution in [-0.2, 0) is 6.42 Å². The molecule has 0 bridgehead atoms. The highest BCUT2D eigenvalue weighted by atomic mass is 79.9. The molecule has 2 rings (SSSR count). The minimum atomic E-state index is -0.868. The van der Waals surface area contributed by atoms with Crippen LogP contribution >= 0.6 is 15.9 Å². The van der Waals surface area contributed by atoms with Crippen molar-refractivity contribution in [2.24, 2.45) is 0 Å². The molecule has 0 spiro atoms. The zero-order chi connectivity index (χ0) is 15.4. The second-order valence-electron chi connectivity index (χ2n) is 4.62. The van der Waals surface area contributed by atoms with Crippen LogP contribution < -0.4 is 10.1 Å². The summed E-state index contributed by atoms with van der Waals surface area (Å²) in [6.07, 6.45) is 0.601. The fraction of sp³-hybridized carbons (Fsp3) is 0.250. The summed E-state index contributed by atoms with van der Waals surface area (Å²) in [4.78, 5) is 0. The fourth-order valence-corrected chi connectivity index (χ4v) is 2.87. The van der Waals surface area contributed by atoms with Gasteiger partial charge in [0.25, 0.3) is 0 Å². The van der Waals surface area contributed by atoms with Gasteiger partial charge in [-0.25, -0.2) is 8.78 Å². The maximum absolute atomic E-state index is 13.7. The summed E-state index contributed by atoms with van der Waals surface area (Å²) in [5, 5.41) is 3.13. The van der Waals surface area contributed by atoms with Crippen LogP contribution in [0.1, 0.15) is 17.2 Å². The van der Waals surface area contributed by atoms with Gasteiger partial charge >= 0.3 is 0 Å². The van der Waals surface area contributed by atoms with E-state index in [9.17, 15) is 8.78 Å². The van der Waals surface area contributed by atoms with E-state index in [2.05, 4.69) is 21.2 Å². The summed E-state index contributed by atoms with van der Waals surface area (Å²) in [6, 6.07) is 10.2. The molecule has 1 N–H and O–H groups in total. The van der Waals surface area contributed by atoms with Crippen LogP contribution in [0.5, 0.6) is 5.75 Å². The van der Waals surface area contributed by atoms with E-state index in [1.54, 1.807) is 20.2 Å².